The number of aliphatic carboxylic acids is 1. The van der Waals surface area contributed by atoms with E-state index < -0.39 is 18.1 Å². The number of amides is 1. The zero-order valence-corrected chi connectivity index (χ0v) is 5.90. The van der Waals surface area contributed by atoms with Crippen molar-refractivity contribution >= 4 is 11.9 Å². The van der Waals surface area contributed by atoms with Crippen LogP contribution in [0.5, 0.6) is 0 Å². The van der Waals surface area contributed by atoms with Gasteiger partial charge in [0.25, 0.3) is 0 Å². The highest BCUT2D eigenvalue weighted by molar-refractivity contribution is 5.90. The summed E-state index contributed by atoms with van der Waals surface area (Å²) in [4.78, 5) is 20.3. The van der Waals surface area contributed by atoms with Crippen LogP contribution in [0.3, 0.4) is 0 Å². The van der Waals surface area contributed by atoms with Crippen LogP contribution in [0.4, 0.5) is 0 Å². The van der Waals surface area contributed by atoms with Crippen LogP contribution in [0.2, 0.25) is 0 Å². The van der Waals surface area contributed by atoms with E-state index in [1.807, 2.05) is 0 Å². The summed E-state index contributed by atoms with van der Waals surface area (Å²) in [5.74, 6) is -2.41. The molecule has 0 aliphatic rings. The molecule has 11 heavy (non-hydrogen) atoms. The minimum atomic E-state index is -1.95. The third-order valence-corrected chi connectivity index (χ3v) is 0.820. The third-order valence-electron chi connectivity index (χ3n) is 0.820. The highest BCUT2D eigenvalue weighted by Gasteiger charge is 2.05. The molecule has 0 heterocycles. The summed E-state index contributed by atoms with van der Waals surface area (Å²) in [6.07, 6.45) is 0.558. The molecule has 0 bridgehead atoms. The van der Waals surface area contributed by atoms with Gasteiger partial charge >= 0.3 is 0 Å². The van der Waals surface area contributed by atoms with Gasteiger partial charge in [-0.05, 0) is 13.0 Å². The van der Waals surface area contributed by atoms with Crippen molar-refractivity contribution in [1.29, 1.82) is 0 Å². The molecule has 0 aromatic carbocycles. The van der Waals surface area contributed by atoms with E-state index in [4.69, 9.17) is 5.11 Å². The van der Waals surface area contributed by atoms with E-state index in [0.29, 0.717) is 0 Å². The Morgan fingerprint density at radius 1 is 1.64 bits per heavy atom. The number of hydrogen-bond donors (Lipinski definition) is 2. The van der Waals surface area contributed by atoms with Gasteiger partial charge in [-0.3, -0.25) is 4.79 Å². The number of carbonyl (C=O) groups excluding carboxylic acids is 2. The van der Waals surface area contributed by atoms with Crippen LogP contribution in [0, 0.1) is 0 Å². The molecule has 0 spiro atoms. The van der Waals surface area contributed by atoms with Gasteiger partial charge in [0.1, 0.15) is 0 Å². The van der Waals surface area contributed by atoms with Crippen molar-refractivity contribution in [3.63, 3.8) is 0 Å². The third kappa shape index (κ3) is 4.10. The van der Waals surface area contributed by atoms with Crippen LogP contribution >= 0.6 is 0 Å². The summed E-state index contributed by atoms with van der Waals surface area (Å²) in [6, 6.07) is 0. The number of carbonyl (C=O) groups is 2. The summed E-state index contributed by atoms with van der Waals surface area (Å²) >= 11 is 0. The van der Waals surface area contributed by atoms with Crippen molar-refractivity contribution in [1.82, 2.24) is 5.32 Å². The Hall–Kier alpha value is -1.36. The molecule has 1 unspecified atom stereocenters. The second kappa shape index (κ2) is 4.45. The van der Waals surface area contributed by atoms with Gasteiger partial charge < -0.3 is 20.3 Å². The number of aliphatic hydroxyl groups excluding tert-OH is 1. The lowest BCUT2D eigenvalue weighted by Gasteiger charge is -2.11. The van der Waals surface area contributed by atoms with Crippen molar-refractivity contribution in [2.45, 2.75) is 13.2 Å². The molecule has 0 rings (SSSR count). The Morgan fingerprint density at radius 2 is 2.18 bits per heavy atom. The molecule has 0 aromatic rings. The summed E-state index contributed by atoms with van der Waals surface area (Å²) in [5.41, 5.74) is 0. The van der Waals surface area contributed by atoms with Crippen LogP contribution in [0.1, 0.15) is 6.92 Å². The average molecular weight is 158 g/mol. The first-order valence-electron chi connectivity index (χ1n) is 2.90. The fourth-order valence-electron chi connectivity index (χ4n) is 0.393. The van der Waals surface area contributed by atoms with Gasteiger partial charge in [0.05, 0.1) is 5.97 Å². The lowest BCUT2D eigenvalue weighted by Crippen LogP contribution is -2.47. The Morgan fingerprint density at radius 3 is 2.55 bits per heavy atom. The van der Waals surface area contributed by atoms with E-state index in [9.17, 15) is 14.7 Å². The molecular formula is C6H8NO4-. The lowest BCUT2D eigenvalue weighted by molar-refractivity contribution is -0.316. The summed E-state index contributed by atoms with van der Waals surface area (Å²) in [5, 5.41) is 20.1. The van der Waals surface area contributed by atoms with E-state index in [0.717, 1.165) is 6.08 Å². The number of rotatable bonds is 3. The second-order valence-corrected chi connectivity index (χ2v) is 1.73. The van der Waals surface area contributed by atoms with E-state index in [1.54, 1.807) is 12.2 Å². The number of aliphatic hydroxyl groups is 1. The summed E-state index contributed by atoms with van der Waals surface area (Å²) in [7, 11) is 0. The second-order valence-electron chi connectivity index (χ2n) is 1.73. The van der Waals surface area contributed by atoms with Crippen LogP contribution in [0.25, 0.3) is 0 Å². The van der Waals surface area contributed by atoms with E-state index in [-0.39, 0.29) is 0 Å². The largest absolute Gasteiger partial charge is 0.545 e. The molecule has 2 N–H and O–H groups in total. The van der Waals surface area contributed by atoms with Gasteiger partial charge in [-0.15, -0.1) is 0 Å². The standard InChI is InChI=1S/C6H9NO4/c1-2-3-4(8)7-5(9)6(10)11/h2-3,5,9H,1H3,(H,7,8)(H,10,11)/p-1. The predicted molar refractivity (Wildman–Crippen MR) is 34.0 cm³/mol. The Kier molecular flexibility index (Phi) is 3.90. The number of nitrogens with one attached hydrogen (secondary N) is 1. The Labute approximate surface area is 63.3 Å². The van der Waals surface area contributed by atoms with E-state index >= 15 is 0 Å². The maximum atomic E-state index is 10.5. The predicted octanol–water partition coefficient (Wildman–Crippen LogP) is -2.25. The fraction of sp³-hybridized carbons (Fsp3) is 0.333. The highest BCUT2D eigenvalue weighted by atomic mass is 16.4. The van der Waals surface area contributed by atoms with Crippen molar-refractivity contribution in [2.75, 3.05) is 0 Å². The molecule has 5 heteroatoms. The molecule has 1 atom stereocenters. The number of carboxylic acids is 1. The van der Waals surface area contributed by atoms with Gasteiger partial charge in [-0.25, -0.2) is 0 Å². The van der Waals surface area contributed by atoms with Crippen LogP contribution in [0.15, 0.2) is 12.2 Å². The average Bonchev–Trinajstić information content (AvgIpc) is 1.87. The van der Waals surface area contributed by atoms with Crippen LogP contribution < -0.4 is 10.4 Å². The van der Waals surface area contributed by atoms with E-state index in [1.165, 1.54) is 6.08 Å². The molecule has 5 nitrogen and oxygen atoms in total. The molecule has 0 fully saturated rings. The quantitative estimate of drug-likeness (QED) is 0.358. The topological polar surface area (TPSA) is 89.5 Å². The fourth-order valence-corrected chi connectivity index (χ4v) is 0.393. The number of hydrogen-bond acceptors (Lipinski definition) is 4. The minimum absolute atomic E-state index is 0.677. The SMILES string of the molecule is CC=CC(=O)NC(O)C(=O)[O-]. The molecule has 0 saturated carbocycles. The molecule has 0 saturated heterocycles. The first kappa shape index (κ1) is 9.64. The van der Waals surface area contributed by atoms with Crippen LogP contribution in [-0.4, -0.2) is 23.2 Å². The minimum Gasteiger partial charge on any atom is -0.545 e. The molecular weight excluding hydrogens is 150 g/mol. The first-order valence-corrected chi connectivity index (χ1v) is 2.90. The normalized spacial score (nSPS) is 12.9. The van der Waals surface area contributed by atoms with Gasteiger partial charge in [-0.1, -0.05) is 6.08 Å². The summed E-state index contributed by atoms with van der Waals surface area (Å²) in [6.45, 7) is 1.59. The van der Waals surface area contributed by atoms with Gasteiger partial charge in [-0.2, -0.15) is 0 Å². The maximum absolute atomic E-state index is 10.5. The van der Waals surface area contributed by atoms with Gasteiger partial charge in [0, 0.05) is 0 Å². The summed E-state index contributed by atoms with van der Waals surface area (Å²) < 4.78 is 0. The molecule has 0 radical (unpaired) electrons. The zero-order valence-electron chi connectivity index (χ0n) is 5.90. The van der Waals surface area contributed by atoms with Gasteiger partial charge in [0.15, 0.2) is 6.23 Å². The highest BCUT2D eigenvalue weighted by Crippen LogP contribution is 1.76. The molecule has 1 amide bonds. The molecule has 0 aliphatic heterocycles. The van der Waals surface area contributed by atoms with Crippen molar-refractivity contribution in [3.05, 3.63) is 12.2 Å². The van der Waals surface area contributed by atoms with E-state index in [2.05, 4.69) is 0 Å². The zero-order chi connectivity index (χ0) is 8.85. The maximum Gasteiger partial charge on any atom is 0.245 e. The van der Waals surface area contributed by atoms with Crippen molar-refractivity contribution in [2.24, 2.45) is 0 Å². The smallest absolute Gasteiger partial charge is 0.245 e. The Bertz CT molecular complexity index is 187. The lowest BCUT2D eigenvalue weighted by atomic mass is 10.4. The van der Waals surface area contributed by atoms with Crippen molar-refractivity contribution < 1.29 is 19.8 Å². The van der Waals surface area contributed by atoms with Crippen LogP contribution in [-0.2, 0) is 9.59 Å². The number of carboxylic acid groups (broad SMARTS) is 1. The van der Waals surface area contributed by atoms with Gasteiger partial charge in [0.2, 0.25) is 5.91 Å². The monoisotopic (exact) mass is 158 g/mol. The number of allylic oxidation sites excluding steroid dienone is 1. The molecule has 0 aliphatic carbocycles. The molecule has 0 aromatic heterocycles. The first-order chi connectivity index (χ1) is 5.07. The van der Waals surface area contributed by atoms with Crippen molar-refractivity contribution in [3.8, 4) is 0 Å². The molecule has 62 valence electrons. The Balaban J connectivity index is 3.85.